The largest absolute Gasteiger partial charge is 0.497 e. The summed E-state index contributed by atoms with van der Waals surface area (Å²) >= 11 is 0. The molecule has 3 aromatic carbocycles. The van der Waals surface area contributed by atoms with E-state index in [4.69, 9.17) is 9.47 Å². The van der Waals surface area contributed by atoms with E-state index in [1.807, 2.05) is 0 Å². The van der Waals surface area contributed by atoms with Crippen LogP contribution in [0, 0.1) is 5.82 Å². The fourth-order valence-corrected chi connectivity index (χ4v) is 2.61. The maximum atomic E-state index is 14.2. The highest BCUT2D eigenvalue weighted by Crippen LogP contribution is 2.25. The van der Waals surface area contributed by atoms with Gasteiger partial charge in [-0.1, -0.05) is 60.7 Å². The Bertz CT molecular complexity index is 939. The molecular formula is C22H17FO4. The van der Waals surface area contributed by atoms with Crippen LogP contribution in [0.15, 0.2) is 78.9 Å². The Labute approximate surface area is 156 Å². The summed E-state index contributed by atoms with van der Waals surface area (Å²) in [4.78, 5) is 25.4. The number of rotatable bonds is 6. The summed E-state index contributed by atoms with van der Waals surface area (Å²) in [6, 6.07) is 21.0. The van der Waals surface area contributed by atoms with Gasteiger partial charge < -0.3 is 9.47 Å². The lowest BCUT2D eigenvalue weighted by Gasteiger charge is -2.18. The molecule has 0 aliphatic heterocycles. The molecule has 0 radical (unpaired) electrons. The summed E-state index contributed by atoms with van der Waals surface area (Å²) in [5.74, 6) is -1.81. The average molecular weight is 364 g/mol. The number of carbonyl (C=O) groups is 2. The van der Waals surface area contributed by atoms with Crippen LogP contribution in [0.1, 0.15) is 32.4 Å². The molecule has 0 N–H and O–H groups in total. The van der Waals surface area contributed by atoms with Gasteiger partial charge in [-0.2, -0.15) is 0 Å². The van der Waals surface area contributed by atoms with Gasteiger partial charge in [-0.05, 0) is 12.1 Å². The first-order valence-corrected chi connectivity index (χ1v) is 8.29. The van der Waals surface area contributed by atoms with E-state index in [0.29, 0.717) is 11.1 Å². The molecule has 5 heteroatoms. The third kappa shape index (κ3) is 4.20. The number of carbonyl (C=O) groups excluding carboxylic acids is 2. The highest BCUT2D eigenvalue weighted by atomic mass is 19.1. The smallest absolute Gasteiger partial charge is 0.342 e. The summed E-state index contributed by atoms with van der Waals surface area (Å²) < 4.78 is 24.6. The van der Waals surface area contributed by atoms with Crippen LogP contribution in [0.3, 0.4) is 0 Å². The Morgan fingerprint density at radius 1 is 0.889 bits per heavy atom. The zero-order chi connectivity index (χ0) is 19.2. The molecule has 0 aliphatic carbocycles. The maximum absolute atomic E-state index is 14.2. The van der Waals surface area contributed by atoms with Gasteiger partial charge in [0.15, 0.2) is 6.10 Å². The second-order valence-corrected chi connectivity index (χ2v) is 5.77. The highest BCUT2D eigenvalue weighted by Gasteiger charge is 2.27. The molecule has 0 amide bonds. The topological polar surface area (TPSA) is 52.6 Å². The fourth-order valence-electron chi connectivity index (χ4n) is 2.61. The van der Waals surface area contributed by atoms with Gasteiger partial charge in [0.05, 0.1) is 12.7 Å². The minimum absolute atomic E-state index is 0.266. The molecule has 0 spiro atoms. The van der Waals surface area contributed by atoms with E-state index in [-0.39, 0.29) is 17.1 Å². The van der Waals surface area contributed by atoms with Crippen molar-refractivity contribution < 1.29 is 23.5 Å². The van der Waals surface area contributed by atoms with Gasteiger partial charge >= 0.3 is 5.97 Å². The van der Waals surface area contributed by atoms with Crippen LogP contribution in [0.2, 0.25) is 0 Å². The molecule has 0 saturated heterocycles. The van der Waals surface area contributed by atoms with Crippen LogP contribution in [-0.2, 0) is 4.74 Å². The molecule has 27 heavy (non-hydrogen) atoms. The molecule has 0 heterocycles. The van der Waals surface area contributed by atoms with Gasteiger partial charge in [-0.25, -0.2) is 9.18 Å². The van der Waals surface area contributed by atoms with E-state index < -0.39 is 17.9 Å². The summed E-state index contributed by atoms with van der Waals surface area (Å²) in [5, 5.41) is 0. The van der Waals surface area contributed by atoms with Crippen molar-refractivity contribution in [2.45, 2.75) is 6.10 Å². The van der Waals surface area contributed by atoms with Gasteiger partial charge in [0, 0.05) is 17.2 Å². The zero-order valence-electron chi connectivity index (χ0n) is 14.6. The molecule has 4 nitrogen and oxygen atoms in total. The highest BCUT2D eigenvalue weighted by molar-refractivity contribution is 6.02. The number of ether oxygens (including phenoxy) is 2. The number of methoxy groups -OCH3 is 1. The van der Waals surface area contributed by atoms with Gasteiger partial charge in [0.2, 0.25) is 5.78 Å². The lowest BCUT2D eigenvalue weighted by atomic mass is 9.99. The van der Waals surface area contributed by atoms with E-state index in [0.717, 1.165) is 6.07 Å². The summed E-state index contributed by atoms with van der Waals surface area (Å²) in [5.41, 5.74) is 0.639. The van der Waals surface area contributed by atoms with E-state index in [1.165, 1.54) is 19.2 Å². The first-order chi connectivity index (χ1) is 13.1. The van der Waals surface area contributed by atoms with Gasteiger partial charge in [-0.3, -0.25) is 4.79 Å². The van der Waals surface area contributed by atoms with Gasteiger partial charge in [0.25, 0.3) is 0 Å². The van der Waals surface area contributed by atoms with Crippen molar-refractivity contribution in [1.82, 2.24) is 0 Å². The van der Waals surface area contributed by atoms with Crippen molar-refractivity contribution in [2.24, 2.45) is 0 Å². The fraction of sp³-hybridized carbons (Fsp3) is 0.0909. The molecule has 136 valence electrons. The van der Waals surface area contributed by atoms with Crippen LogP contribution in [0.5, 0.6) is 5.75 Å². The Balaban J connectivity index is 1.92. The third-order valence-corrected chi connectivity index (χ3v) is 4.02. The second kappa shape index (κ2) is 8.27. The van der Waals surface area contributed by atoms with Crippen molar-refractivity contribution in [1.29, 1.82) is 0 Å². The molecule has 0 bridgehead atoms. The normalized spacial score (nSPS) is 11.5. The number of esters is 1. The average Bonchev–Trinajstić information content (AvgIpc) is 2.72. The van der Waals surface area contributed by atoms with E-state index in [1.54, 1.807) is 60.7 Å². The number of hydrogen-bond donors (Lipinski definition) is 0. The summed E-state index contributed by atoms with van der Waals surface area (Å²) in [7, 11) is 1.40. The lowest BCUT2D eigenvalue weighted by Crippen LogP contribution is -2.21. The SMILES string of the molecule is COc1ccc(C(=O)O[C@@H](C(=O)c2ccccc2)c2ccccc2)c(F)c1. The minimum Gasteiger partial charge on any atom is -0.497 e. The number of hydrogen-bond acceptors (Lipinski definition) is 4. The summed E-state index contributed by atoms with van der Waals surface area (Å²) in [6.45, 7) is 0. The van der Waals surface area contributed by atoms with Crippen LogP contribution >= 0.6 is 0 Å². The van der Waals surface area contributed by atoms with Gasteiger partial charge in [0.1, 0.15) is 11.6 Å². The number of ketones is 1. The minimum atomic E-state index is -1.18. The Morgan fingerprint density at radius 2 is 1.52 bits per heavy atom. The Morgan fingerprint density at radius 3 is 2.11 bits per heavy atom. The number of halogens is 1. The van der Waals surface area contributed by atoms with E-state index in [2.05, 4.69) is 0 Å². The van der Waals surface area contributed by atoms with Gasteiger partial charge in [-0.15, -0.1) is 0 Å². The number of Topliss-reactive ketones (excluding diaryl/α,β-unsaturated/α-hetero) is 1. The predicted octanol–water partition coefficient (Wildman–Crippen LogP) is 4.62. The first-order valence-electron chi connectivity index (χ1n) is 8.29. The maximum Gasteiger partial charge on any atom is 0.342 e. The molecule has 3 rings (SSSR count). The molecule has 0 fully saturated rings. The van der Waals surface area contributed by atoms with Crippen molar-refractivity contribution in [3.63, 3.8) is 0 Å². The molecule has 1 atom stereocenters. The van der Waals surface area contributed by atoms with Crippen LogP contribution in [0.25, 0.3) is 0 Å². The molecule has 3 aromatic rings. The van der Waals surface area contributed by atoms with Crippen molar-refractivity contribution >= 4 is 11.8 Å². The monoisotopic (exact) mass is 364 g/mol. The van der Waals surface area contributed by atoms with E-state index in [9.17, 15) is 14.0 Å². The van der Waals surface area contributed by atoms with Crippen molar-refractivity contribution in [3.8, 4) is 5.75 Å². The van der Waals surface area contributed by atoms with Crippen molar-refractivity contribution in [3.05, 3.63) is 101 Å². The Kier molecular flexibility index (Phi) is 5.61. The molecular weight excluding hydrogens is 347 g/mol. The quantitative estimate of drug-likeness (QED) is 0.473. The van der Waals surface area contributed by atoms with Crippen LogP contribution in [-0.4, -0.2) is 18.9 Å². The Hall–Kier alpha value is -3.47. The lowest BCUT2D eigenvalue weighted by molar-refractivity contribution is 0.0275. The number of benzene rings is 3. The molecule has 0 saturated carbocycles. The summed E-state index contributed by atoms with van der Waals surface area (Å²) in [6.07, 6.45) is -1.18. The zero-order valence-corrected chi connectivity index (χ0v) is 14.6. The standard InChI is InChI=1S/C22H17FO4/c1-26-17-12-13-18(19(23)14-17)22(25)27-21(16-10-6-3-7-11-16)20(24)15-8-4-2-5-9-15/h2-14,21H,1H3/t21-/m1/s1. The molecule has 0 aromatic heterocycles. The first kappa shape index (κ1) is 18.3. The third-order valence-electron chi connectivity index (χ3n) is 4.02. The molecule has 0 unspecified atom stereocenters. The van der Waals surface area contributed by atoms with E-state index >= 15 is 0 Å². The van der Waals surface area contributed by atoms with Crippen LogP contribution < -0.4 is 4.74 Å². The molecule has 0 aliphatic rings. The second-order valence-electron chi connectivity index (χ2n) is 5.77. The van der Waals surface area contributed by atoms with Crippen LogP contribution in [0.4, 0.5) is 4.39 Å². The predicted molar refractivity (Wildman–Crippen MR) is 98.3 cm³/mol. The van der Waals surface area contributed by atoms with Crippen molar-refractivity contribution in [2.75, 3.05) is 7.11 Å².